The van der Waals surface area contributed by atoms with Crippen molar-refractivity contribution in [1.82, 2.24) is 4.90 Å². The van der Waals surface area contributed by atoms with Crippen LogP contribution in [0.25, 0.3) is 0 Å². The summed E-state index contributed by atoms with van der Waals surface area (Å²) in [5.74, 6) is -1.53. The molecule has 0 radical (unpaired) electrons. The molecule has 1 aliphatic rings. The molecule has 3 nitrogen and oxygen atoms in total. The molecule has 0 aliphatic carbocycles. The van der Waals surface area contributed by atoms with Gasteiger partial charge in [-0.3, -0.25) is 4.79 Å². The van der Waals surface area contributed by atoms with Crippen LogP contribution < -0.4 is 5.73 Å². The topological polar surface area (TPSA) is 46.3 Å². The zero-order valence-electron chi connectivity index (χ0n) is 9.80. The number of nitrogens with two attached hydrogens (primary N) is 1. The summed E-state index contributed by atoms with van der Waals surface area (Å²) in [5, 5.41) is 0. The van der Waals surface area contributed by atoms with E-state index in [9.17, 15) is 18.0 Å². The molecule has 1 amide bonds. The highest BCUT2D eigenvalue weighted by molar-refractivity contribution is 5.76. The molecule has 1 fully saturated rings. The van der Waals surface area contributed by atoms with Crippen molar-refractivity contribution in [3.8, 4) is 0 Å². The second kappa shape index (κ2) is 6.23. The zero-order chi connectivity index (χ0) is 12.9. The van der Waals surface area contributed by atoms with Crippen molar-refractivity contribution >= 4 is 5.91 Å². The molecule has 0 spiro atoms. The number of piperidine rings is 1. The molecule has 0 aromatic heterocycles. The monoisotopic (exact) mass is 252 g/mol. The summed E-state index contributed by atoms with van der Waals surface area (Å²) >= 11 is 0. The van der Waals surface area contributed by atoms with E-state index in [4.69, 9.17) is 5.73 Å². The van der Waals surface area contributed by atoms with E-state index in [1.54, 1.807) is 0 Å². The van der Waals surface area contributed by atoms with Crippen LogP contribution in [-0.4, -0.2) is 36.6 Å². The third kappa shape index (κ3) is 4.53. The van der Waals surface area contributed by atoms with Crippen LogP contribution in [0.1, 0.15) is 32.1 Å². The van der Waals surface area contributed by atoms with E-state index >= 15 is 0 Å². The molecule has 100 valence electrons. The molecule has 1 aliphatic heterocycles. The second-order valence-corrected chi connectivity index (χ2v) is 4.47. The van der Waals surface area contributed by atoms with Crippen LogP contribution >= 0.6 is 0 Å². The molecule has 0 aromatic carbocycles. The molecular weight excluding hydrogens is 233 g/mol. The van der Waals surface area contributed by atoms with Crippen molar-refractivity contribution in [2.75, 3.05) is 19.6 Å². The molecule has 1 atom stereocenters. The Labute approximate surface area is 99.1 Å². The highest BCUT2D eigenvalue weighted by Crippen LogP contribution is 2.33. The summed E-state index contributed by atoms with van der Waals surface area (Å²) < 4.78 is 37.6. The van der Waals surface area contributed by atoms with Crippen molar-refractivity contribution in [1.29, 1.82) is 0 Å². The van der Waals surface area contributed by atoms with Gasteiger partial charge < -0.3 is 10.6 Å². The number of alkyl halides is 3. The predicted octanol–water partition coefficient (Wildman–Crippen LogP) is 1.92. The number of amides is 1. The smallest absolute Gasteiger partial charge is 0.342 e. The molecule has 1 saturated heterocycles. The molecule has 0 aromatic rings. The van der Waals surface area contributed by atoms with Crippen molar-refractivity contribution in [3.05, 3.63) is 0 Å². The molecule has 0 saturated carbocycles. The van der Waals surface area contributed by atoms with E-state index in [1.807, 2.05) is 0 Å². The number of halogens is 3. The average Bonchev–Trinajstić information content (AvgIpc) is 2.28. The Morgan fingerprint density at radius 1 is 1.35 bits per heavy atom. The highest BCUT2D eigenvalue weighted by atomic mass is 19.4. The van der Waals surface area contributed by atoms with E-state index in [1.165, 1.54) is 4.90 Å². The van der Waals surface area contributed by atoms with Gasteiger partial charge in [-0.2, -0.15) is 13.2 Å². The van der Waals surface area contributed by atoms with Gasteiger partial charge in [0.25, 0.3) is 0 Å². The standard InChI is InChI=1S/C11H19F3N2O/c12-11(13,14)9-4-3-7-16(8-9)10(17)5-1-2-6-15/h9H,1-8,15H2. The molecule has 1 heterocycles. The molecule has 17 heavy (non-hydrogen) atoms. The lowest BCUT2D eigenvalue weighted by Crippen LogP contribution is -2.44. The van der Waals surface area contributed by atoms with Crippen molar-refractivity contribution in [2.24, 2.45) is 11.7 Å². The first-order valence-electron chi connectivity index (χ1n) is 5.99. The van der Waals surface area contributed by atoms with Crippen molar-refractivity contribution in [2.45, 2.75) is 38.3 Å². The predicted molar refractivity (Wildman–Crippen MR) is 58.3 cm³/mol. The fourth-order valence-electron chi connectivity index (χ4n) is 2.05. The van der Waals surface area contributed by atoms with E-state index in [-0.39, 0.29) is 18.9 Å². The first-order valence-corrected chi connectivity index (χ1v) is 5.99. The summed E-state index contributed by atoms with van der Waals surface area (Å²) in [7, 11) is 0. The molecule has 6 heteroatoms. The lowest BCUT2D eigenvalue weighted by Gasteiger charge is -2.33. The van der Waals surface area contributed by atoms with Gasteiger partial charge in [-0.25, -0.2) is 0 Å². The first-order chi connectivity index (χ1) is 7.95. The Morgan fingerprint density at radius 3 is 2.65 bits per heavy atom. The van der Waals surface area contributed by atoms with Gasteiger partial charge in [0, 0.05) is 19.5 Å². The normalized spacial score (nSPS) is 21.6. The Hall–Kier alpha value is -0.780. The van der Waals surface area contributed by atoms with Gasteiger partial charge in [-0.1, -0.05) is 0 Å². The summed E-state index contributed by atoms with van der Waals surface area (Å²) in [5.41, 5.74) is 5.30. The zero-order valence-corrected chi connectivity index (χ0v) is 9.80. The molecular formula is C11H19F3N2O. The quantitative estimate of drug-likeness (QED) is 0.777. The van der Waals surface area contributed by atoms with E-state index in [2.05, 4.69) is 0 Å². The SMILES string of the molecule is NCCCCC(=O)N1CCCC(C(F)(F)F)C1. The summed E-state index contributed by atoms with van der Waals surface area (Å²) in [4.78, 5) is 13.0. The average molecular weight is 252 g/mol. The summed E-state index contributed by atoms with van der Waals surface area (Å²) in [6, 6.07) is 0. The Bertz CT molecular complexity index is 256. The van der Waals surface area contributed by atoms with Crippen LogP contribution in [0.2, 0.25) is 0 Å². The summed E-state index contributed by atoms with van der Waals surface area (Å²) in [6.45, 7) is 0.789. The van der Waals surface area contributed by atoms with Gasteiger partial charge in [0.05, 0.1) is 5.92 Å². The molecule has 1 unspecified atom stereocenters. The number of likely N-dealkylation sites (tertiary alicyclic amines) is 1. The van der Waals surface area contributed by atoms with Gasteiger partial charge in [0.15, 0.2) is 0 Å². The number of carbonyl (C=O) groups is 1. The van der Waals surface area contributed by atoms with Crippen LogP contribution in [0.15, 0.2) is 0 Å². The second-order valence-electron chi connectivity index (χ2n) is 4.47. The lowest BCUT2D eigenvalue weighted by atomic mass is 9.97. The number of unbranched alkanes of at least 4 members (excludes halogenated alkanes) is 1. The number of carbonyl (C=O) groups excluding carboxylic acids is 1. The van der Waals surface area contributed by atoms with Crippen molar-refractivity contribution in [3.63, 3.8) is 0 Å². The van der Waals surface area contributed by atoms with Crippen LogP contribution in [0.3, 0.4) is 0 Å². The molecule has 2 N–H and O–H groups in total. The van der Waals surface area contributed by atoms with Gasteiger partial charge >= 0.3 is 6.18 Å². The maximum atomic E-state index is 12.5. The fraction of sp³-hybridized carbons (Fsp3) is 0.909. The van der Waals surface area contributed by atoms with E-state index in [0.29, 0.717) is 32.4 Å². The van der Waals surface area contributed by atoms with E-state index in [0.717, 1.165) is 6.42 Å². The minimum Gasteiger partial charge on any atom is -0.342 e. The van der Waals surface area contributed by atoms with Gasteiger partial charge in [0.2, 0.25) is 5.91 Å². The van der Waals surface area contributed by atoms with Crippen LogP contribution in [-0.2, 0) is 4.79 Å². The van der Waals surface area contributed by atoms with Gasteiger partial charge in [0.1, 0.15) is 0 Å². The maximum Gasteiger partial charge on any atom is 0.393 e. The van der Waals surface area contributed by atoms with E-state index < -0.39 is 12.1 Å². The fourth-order valence-corrected chi connectivity index (χ4v) is 2.05. The lowest BCUT2D eigenvalue weighted by molar-refractivity contribution is -0.188. The molecule has 0 bridgehead atoms. The largest absolute Gasteiger partial charge is 0.393 e. The van der Waals surface area contributed by atoms with Crippen molar-refractivity contribution < 1.29 is 18.0 Å². The van der Waals surface area contributed by atoms with Crippen LogP contribution in [0.4, 0.5) is 13.2 Å². The number of rotatable bonds is 4. The minimum atomic E-state index is -4.18. The molecule has 1 rings (SSSR count). The van der Waals surface area contributed by atoms with Crippen LogP contribution in [0, 0.1) is 5.92 Å². The third-order valence-corrected chi connectivity index (χ3v) is 3.08. The Kier molecular flexibility index (Phi) is 5.24. The summed E-state index contributed by atoms with van der Waals surface area (Å²) in [6.07, 6.45) is -1.91. The highest BCUT2D eigenvalue weighted by Gasteiger charge is 2.42. The first kappa shape index (κ1) is 14.3. The van der Waals surface area contributed by atoms with Gasteiger partial charge in [-0.15, -0.1) is 0 Å². The van der Waals surface area contributed by atoms with Gasteiger partial charge in [-0.05, 0) is 32.2 Å². The van der Waals surface area contributed by atoms with Crippen LogP contribution in [0.5, 0.6) is 0 Å². The Morgan fingerprint density at radius 2 is 2.06 bits per heavy atom. The number of nitrogens with zero attached hydrogens (tertiary/aromatic N) is 1. The third-order valence-electron chi connectivity index (χ3n) is 3.08. The Balaban J connectivity index is 2.41. The minimum absolute atomic E-state index is 0.135. The maximum absolute atomic E-state index is 12.5. The number of hydrogen-bond donors (Lipinski definition) is 1. The number of hydrogen-bond acceptors (Lipinski definition) is 2.